The van der Waals surface area contributed by atoms with E-state index in [2.05, 4.69) is 20.5 Å². The van der Waals surface area contributed by atoms with Gasteiger partial charge in [-0.25, -0.2) is 0 Å². The molecule has 3 aliphatic heterocycles. The highest BCUT2D eigenvalue weighted by Gasteiger charge is 2.63. The average Bonchev–Trinajstić information content (AvgIpc) is 3.52. The van der Waals surface area contributed by atoms with Crippen LogP contribution in [0.25, 0.3) is 43.6 Å². The largest absolute Gasteiger partial charge is 0.393 e. The smallest absolute Gasteiger partial charge is 0.252 e. The molecule has 5 heterocycles. The normalized spacial score (nSPS) is 27.8. The van der Waals surface area contributed by atoms with Gasteiger partial charge in [-0.05, 0) is 24.6 Å². The third-order valence-electron chi connectivity index (χ3n) is 8.37. The Hall–Kier alpha value is -3.39. The van der Waals surface area contributed by atoms with Gasteiger partial charge in [0.25, 0.3) is 5.91 Å². The van der Waals surface area contributed by atoms with Crippen LogP contribution in [0.5, 0.6) is 0 Å². The Labute approximate surface area is 187 Å². The van der Waals surface area contributed by atoms with Crippen LogP contribution in [-0.4, -0.2) is 44.1 Å². The Morgan fingerprint density at radius 1 is 1.06 bits per heavy atom. The lowest BCUT2D eigenvalue weighted by Crippen LogP contribution is -2.55. The second-order valence-corrected chi connectivity index (χ2v) is 9.62. The lowest BCUT2D eigenvalue weighted by atomic mass is 9.87. The van der Waals surface area contributed by atoms with Gasteiger partial charge in [0.1, 0.15) is 0 Å². The number of hydrogen-bond donors (Lipinski definition) is 3. The number of ether oxygens (including phenoxy) is 1. The highest BCUT2D eigenvalue weighted by molar-refractivity contribution is 6.31. The van der Waals surface area contributed by atoms with E-state index < -0.39 is 24.0 Å². The summed E-state index contributed by atoms with van der Waals surface area (Å²) in [6.45, 7) is 2.12. The van der Waals surface area contributed by atoms with Crippen molar-refractivity contribution in [2.24, 2.45) is 0 Å². The summed E-state index contributed by atoms with van der Waals surface area (Å²) in [5.41, 5.74) is 2.63. The minimum atomic E-state index is -1.57. The summed E-state index contributed by atoms with van der Waals surface area (Å²) in [5.74, 6) is -0.0686. The fourth-order valence-electron chi connectivity index (χ4n) is 6.86. The first-order valence-electron chi connectivity index (χ1n) is 11.3. The molecule has 7 heteroatoms. The lowest BCUT2D eigenvalue weighted by molar-refractivity contribution is -0.180. The maximum atomic E-state index is 13.2. The third-order valence-corrected chi connectivity index (χ3v) is 8.37. The van der Waals surface area contributed by atoms with Crippen LogP contribution >= 0.6 is 0 Å². The maximum absolute atomic E-state index is 13.2. The Morgan fingerprint density at radius 3 is 2.52 bits per heavy atom. The standard InChI is InChI=1S/C26H21N3O4/c1-25-26(32,12-30)18(11-33-25)28-16-8-4-2-6-13(16)20-21-15(10-27-24(21)31)19-14-7-3-5-9-17(14)29(25)23(19)22(20)28/h2-9,18,30,32H,10-12H2,1H3,(H,27,31)/t18-,25+,26-/m1/s1. The van der Waals surface area contributed by atoms with Crippen LogP contribution in [0.2, 0.25) is 0 Å². The Kier molecular flexibility index (Phi) is 2.95. The first-order chi connectivity index (χ1) is 16.0. The molecule has 7 nitrogen and oxygen atoms in total. The topological polar surface area (TPSA) is 88.7 Å². The fraction of sp³-hybridized carbons (Fsp3) is 0.269. The molecule has 0 radical (unpaired) electrons. The predicted molar refractivity (Wildman–Crippen MR) is 124 cm³/mol. The summed E-state index contributed by atoms with van der Waals surface area (Å²) in [5, 5.41) is 29.7. The number of aliphatic hydroxyl groups is 2. The van der Waals surface area contributed by atoms with Gasteiger partial charge in [-0.1, -0.05) is 36.4 Å². The van der Waals surface area contributed by atoms with Crippen molar-refractivity contribution in [2.45, 2.75) is 30.8 Å². The molecule has 5 aromatic rings. The number of nitrogens with one attached hydrogen (secondary N) is 1. The van der Waals surface area contributed by atoms with Crippen LogP contribution in [0.3, 0.4) is 0 Å². The Bertz CT molecular complexity index is 1730. The quantitative estimate of drug-likeness (QED) is 0.375. The lowest BCUT2D eigenvalue weighted by Gasteiger charge is -2.40. The summed E-state index contributed by atoms with van der Waals surface area (Å²) in [6.07, 6.45) is 0. The Morgan fingerprint density at radius 2 is 1.76 bits per heavy atom. The zero-order valence-electron chi connectivity index (χ0n) is 17.9. The Balaban J connectivity index is 1.80. The average molecular weight is 439 g/mol. The fourth-order valence-corrected chi connectivity index (χ4v) is 6.86. The van der Waals surface area contributed by atoms with E-state index in [-0.39, 0.29) is 12.5 Å². The van der Waals surface area contributed by atoms with Gasteiger partial charge in [0.05, 0.1) is 41.4 Å². The molecule has 0 saturated carbocycles. The van der Waals surface area contributed by atoms with Crippen LogP contribution in [-0.2, 0) is 17.0 Å². The van der Waals surface area contributed by atoms with Gasteiger partial charge >= 0.3 is 0 Å². The van der Waals surface area contributed by atoms with Crippen LogP contribution < -0.4 is 5.32 Å². The van der Waals surface area contributed by atoms with E-state index in [9.17, 15) is 15.0 Å². The highest BCUT2D eigenvalue weighted by atomic mass is 16.5. The van der Waals surface area contributed by atoms with E-state index in [1.54, 1.807) is 0 Å². The van der Waals surface area contributed by atoms with Crippen LogP contribution in [0, 0.1) is 0 Å². The van der Waals surface area contributed by atoms with Crippen molar-refractivity contribution in [3.8, 4) is 0 Å². The van der Waals surface area contributed by atoms with E-state index in [4.69, 9.17) is 4.74 Å². The van der Waals surface area contributed by atoms with Gasteiger partial charge in [-0.3, -0.25) is 4.79 Å². The number of hydrogen-bond acceptors (Lipinski definition) is 4. The van der Waals surface area contributed by atoms with Crippen LogP contribution in [0.15, 0.2) is 48.5 Å². The van der Waals surface area contributed by atoms with E-state index in [0.29, 0.717) is 12.1 Å². The zero-order chi connectivity index (χ0) is 22.3. The number of carbonyl (C=O) groups is 1. The first kappa shape index (κ1) is 18.1. The summed E-state index contributed by atoms with van der Waals surface area (Å²) in [4.78, 5) is 13.2. The summed E-state index contributed by atoms with van der Waals surface area (Å²) < 4.78 is 10.6. The SMILES string of the molecule is C[C@@]12OC[C@@H](n3c4ccccc4c4c5c(c6c7ccccc7n1c6c43)CNC5=O)[C@]2(O)CO. The molecule has 33 heavy (non-hydrogen) atoms. The molecular weight excluding hydrogens is 418 g/mol. The number of para-hydroxylation sites is 2. The van der Waals surface area contributed by atoms with Crippen molar-refractivity contribution in [1.82, 2.24) is 14.5 Å². The van der Waals surface area contributed by atoms with Gasteiger partial charge < -0.3 is 29.4 Å². The number of aromatic nitrogens is 2. The monoisotopic (exact) mass is 439 g/mol. The molecule has 1 amide bonds. The van der Waals surface area contributed by atoms with Crippen molar-refractivity contribution in [1.29, 1.82) is 0 Å². The highest BCUT2D eigenvalue weighted by Crippen LogP contribution is 2.56. The molecular formula is C26H21N3O4. The van der Waals surface area contributed by atoms with Crippen molar-refractivity contribution >= 4 is 49.5 Å². The molecule has 3 N–H and O–H groups in total. The zero-order valence-corrected chi connectivity index (χ0v) is 17.9. The molecule has 8 rings (SSSR count). The van der Waals surface area contributed by atoms with Crippen molar-refractivity contribution in [3.63, 3.8) is 0 Å². The molecule has 2 bridgehead atoms. The van der Waals surface area contributed by atoms with E-state index in [0.717, 1.165) is 49.2 Å². The molecule has 1 saturated heterocycles. The van der Waals surface area contributed by atoms with E-state index in [1.165, 1.54) is 0 Å². The molecule has 3 aliphatic rings. The first-order valence-corrected chi connectivity index (χ1v) is 11.3. The van der Waals surface area contributed by atoms with Gasteiger partial charge in [0.2, 0.25) is 0 Å². The van der Waals surface area contributed by atoms with Crippen LogP contribution in [0.1, 0.15) is 28.9 Å². The van der Waals surface area contributed by atoms with Crippen LogP contribution in [0.4, 0.5) is 0 Å². The predicted octanol–water partition coefficient (Wildman–Crippen LogP) is 3.13. The third kappa shape index (κ3) is 1.69. The van der Waals surface area contributed by atoms with Gasteiger partial charge in [-0.2, -0.15) is 0 Å². The number of benzene rings is 3. The molecule has 0 aliphatic carbocycles. The number of fused-ring (bicyclic) bond motifs is 13. The molecule has 2 aromatic heterocycles. The van der Waals surface area contributed by atoms with E-state index in [1.807, 2.05) is 49.4 Å². The number of carbonyl (C=O) groups excluding carboxylic acids is 1. The molecule has 164 valence electrons. The van der Waals surface area contributed by atoms with Crippen molar-refractivity contribution in [2.75, 3.05) is 13.2 Å². The van der Waals surface area contributed by atoms with Gasteiger partial charge in [0.15, 0.2) is 11.3 Å². The summed E-state index contributed by atoms with van der Waals surface area (Å²) in [6, 6.07) is 15.5. The number of rotatable bonds is 1. The number of aliphatic hydroxyl groups excluding tert-OH is 1. The summed E-state index contributed by atoms with van der Waals surface area (Å²) in [7, 11) is 0. The molecule has 0 unspecified atom stereocenters. The molecule has 1 fully saturated rings. The van der Waals surface area contributed by atoms with Crippen molar-refractivity contribution < 1.29 is 19.7 Å². The summed E-state index contributed by atoms with van der Waals surface area (Å²) >= 11 is 0. The molecule has 3 atom stereocenters. The van der Waals surface area contributed by atoms with Gasteiger partial charge in [0, 0.05) is 33.6 Å². The minimum absolute atomic E-state index is 0.0686. The number of nitrogens with zero attached hydrogens (tertiary/aromatic N) is 2. The number of amides is 1. The molecule has 3 aromatic carbocycles. The van der Waals surface area contributed by atoms with E-state index >= 15 is 0 Å². The van der Waals surface area contributed by atoms with Crippen molar-refractivity contribution in [3.05, 3.63) is 59.7 Å². The second-order valence-electron chi connectivity index (χ2n) is 9.62. The minimum Gasteiger partial charge on any atom is -0.393 e. The van der Waals surface area contributed by atoms with Gasteiger partial charge in [-0.15, -0.1) is 0 Å². The maximum Gasteiger partial charge on any atom is 0.252 e. The second kappa shape index (κ2) is 5.39. The molecule has 0 spiro atoms.